The van der Waals surface area contributed by atoms with Gasteiger partial charge in [0, 0.05) is 44.4 Å². The summed E-state index contributed by atoms with van der Waals surface area (Å²) in [6.45, 7) is 3.66. The normalized spacial score (nSPS) is 16.7. The second-order valence-corrected chi connectivity index (χ2v) is 5.40. The number of carbonyl (C=O) groups excluding carboxylic acids is 1. The lowest BCUT2D eigenvalue weighted by atomic mass is 10.1. The van der Waals surface area contributed by atoms with Crippen LogP contribution in [-0.4, -0.2) is 53.6 Å². The quantitative estimate of drug-likeness (QED) is 0.901. The Kier molecular flexibility index (Phi) is 5.29. The van der Waals surface area contributed by atoms with Gasteiger partial charge in [0.15, 0.2) is 0 Å². The van der Waals surface area contributed by atoms with Crippen LogP contribution in [0.25, 0.3) is 0 Å². The van der Waals surface area contributed by atoms with Crippen LogP contribution in [0.1, 0.15) is 22.0 Å². The molecule has 2 aromatic heterocycles. The van der Waals surface area contributed by atoms with E-state index < -0.39 is 0 Å². The molecule has 0 aromatic carbocycles. The number of hydrogen-bond donors (Lipinski definition) is 1. The third-order valence-electron chi connectivity index (χ3n) is 3.94. The number of pyridine rings is 2. The summed E-state index contributed by atoms with van der Waals surface area (Å²) >= 11 is 0. The van der Waals surface area contributed by atoms with Gasteiger partial charge >= 0.3 is 0 Å². The van der Waals surface area contributed by atoms with Crippen molar-refractivity contribution in [1.29, 1.82) is 0 Å². The first kappa shape index (κ1) is 15.6. The van der Waals surface area contributed by atoms with Gasteiger partial charge in [-0.2, -0.15) is 0 Å². The molecule has 1 fully saturated rings. The number of nitrogens with one attached hydrogen (secondary N) is 1. The van der Waals surface area contributed by atoms with E-state index in [4.69, 9.17) is 4.74 Å². The minimum atomic E-state index is -0.111. The van der Waals surface area contributed by atoms with E-state index in [1.807, 2.05) is 18.3 Å². The van der Waals surface area contributed by atoms with Crippen LogP contribution in [0.3, 0.4) is 0 Å². The second kappa shape index (κ2) is 7.80. The molecule has 1 saturated heterocycles. The van der Waals surface area contributed by atoms with Gasteiger partial charge in [-0.25, -0.2) is 0 Å². The van der Waals surface area contributed by atoms with Crippen molar-refractivity contribution in [2.24, 2.45) is 0 Å². The van der Waals surface area contributed by atoms with E-state index in [2.05, 4.69) is 20.2 Å². The minimum Gasteiger partial charge on any atom is -0.379 e. The average Bonchev–Trinajstić information content (AvgIpc) is 2.64. The zero-order chi connectivity index (χ0) is 15.9. The average molecular weight is 312 g/mol. The minimum absolute atomic E-state index is 0.0909. The molecule has 3 heterocycles. The molecule has 0 saturated carbocycles. The fourth-order valence-corrected chi connectivity index (χ4v) is 2.71. The Morgan fingerprint density at radius 3 is 2.57 bits per heavy atom. The molecule has 6 nitrogen and oxygen atoms in total. The molecule has 1 amide bonds. The van der Waals surface area contributed by atoms with Gasteiger partial charge in [-0.05, 0) is 23.8 Å². The Balaban J connectivity index is 1.70. The molecule has 1 aliphatic rings. The fourth-order valence-electron chi connectivity index (χ4n) is 2.71. The van der Waals surface area contributed by atoms with Crippen molar-refractivity contribution in [2.75, 3.05) is 32.8 Å². The summed E-state index contributed by atoms with van der Waals surface area (Å²) in [5, 5.41) is 3.01. The van der Waals surface area contributed by atoms with Crippen molar-refractivity contribution in [3.63, 3.8) is 0 Å². The molecule has 0 bridgehead atoms. The number of nitrogens with zero attached hydrogens (tertiary/aromatic N) is 3. The number of amides is 1. The third-order valence-corrected chi connectivity index (χ3v) is 3.94. The molecule has 120 valence electrons. The van der Waals surface area contributed by atoms with Gasteiger partial charge < -0.3 is 10.1 Å². The van der Waals surface area contributed by atoms with Crippen molar-refractivity contribution >= 4 is 5.91 Å². The van der Waals surface area contributed by atoms with Crippen molar-refractivity contribution in [1.82, 2.24) is 20.2 Å². The van der Waals surface area contributed by atoms with Crippen molar-refractivity contribution in [2.45, 2.75) is 6.04 Å². The molecule has 1 atom stereocenters. The first-order chi connectivity index (χ1) is 11.3. The van der Waals surface area contributed by atoms with Gasteiger partial charge in [-0.1, -0.05) is 6.07 Å². The molecule has 2 aromatic rings. The lowest BCUT2D eigenvalue weighted by Gasteiger charge is -2.34. The Morgan fingerprint density at radius 1 is 1.17 bits per heavy atom. The van der Waals surface area contributed by atoms with Gasteiger partial charge in [0.05, 0.1) is 24.8 Å². The summed E-state index contributed by atoms with van der Waals surface area (Å²) in [5.74, 6) is -0.111. The number of aromatic nitrogens is 2. The van der Waals surface area contributed by atoms with Crippen LogP contribution in [0.2, 0.25) is 0 Å². The van der Waals surface area contributed by atoms with Crippen LogP contribution in [0.5, 0.6) is 0 Å². The van der Waals surface area contributed by atoms with E-state index in [-0.39, 0.29) is 11.9 Å². The highest BCUT2D eigenvalue weighted by atomic mass is 16.5. The number of morpholine rings is 1. The zero-order valence-corrected chi connectivity index (χ0v) is 12.9. The Hall–Kier alpha value is -2.31. The Labute approximate surface area is 135 Å². The van der Waals surface area contributed by atoms with E-state index in [1.54, 1.807) is 30.7 Å². The summed E-state index contributed by atoms with van der Waals surface area (Å²) < 4.78 is 5.43. The molecule has 1 unspecified atom stereocenters. The highest BCUT2D eigenvalue weighted by Gasteiger charge is 2.23. The SMILES string of the molecule is O=C(NCC(c1cccnc1)N1CCOCC1)c1cccnc1. The molecule has 6 heteroatoms. The molecule has 1 N–H and O–H groups in total. The van der Waals surface area contributed by atoms with Gasteiger partial charge in [-0.3, -0.25) is 19.7 Å². The second-order valence-electron chi connectivity index (χ2n) is 5.40. The summed E-state index contributed by atoms with van der Waals surface area (Å²) in [6, 6.07) is 7.58. The fraction of sp³-hybridized carbons (Fsp3) is 0.353. The molecule has 0 spiro atoms. The summed E-state index contributed by atoms with van der Waals surface area (Å²) in [4.78, 5) is 22.8. The van der Waals surface area contributed by atoms with Crippen LogP contribution in [0.4, 0.5) is 0 Å². The summed E-state index contributed by atoms with van der Waals surface area (Å²) in [7, 11) is 0. The smallest absolute Gasteiger partial charge is 0.252 e. The van der Waals surface area contributed by atoms with Crippen LogP contribution in [0, 0.1) is 0 Å². The predicted octanol–water partition coefficient (Wildman–Crippen LogP) is 1.28. The summed E-state index contributed by atoms with van der Waals surface area (Å²) in [5.41, 5.74) is 1.67. The molecule has 0 aliphatic carbocycles. The lowest BCUT2D eigenvalue weighted by Crippen LogP contribution is -2.43. The molecule has 23 heavy (non-hydrogen) atoms. The third kappa shape index (κ3) is 4.12. The number of rotatable bonds is 5. The molecular weight excluding hydrogens is 292 g/mol. The van der Waals surface area contributed by atoms with Crippen LogP contribution >= 0.6 is 0 Å². The first-order valence-electron chi connectivity index (χ1n) is 7.74. The molecule has 0 radical (unpaired) electrons. The Morgan fingerprint density at radius 2 is 1.91 bits per heavy atom. The number of ether oxygens (including phenoxy) is 1. The molecule has 1 aliphatic heterocycles. The summed E-state index contributed by atoms with van der Waals surface area (Å²) in [6.07, 6.45) is 6.84. The van der Waals surface area contributed by atoms with Gasteiger partial charge in [0.25, 0.3) is 5.91 Å². The molecular formula is C17H20N4O2. The van der Waals surface area contributed by atoms with Gasteiger partial charge in [0.1, 0.15) is 0 Å². The topological polar surface area (TPSA) is 67.4 Å². The van der Waals surface area contributed by atoms with Gasteiger partial charge in [0.2, 0.25) is 0 Å². The van der Waals surface area contributed by atoms with E-state index in [9.17, 15) is 4.79 Å². The van der Waals surface area contributed by atoms with Gasteiger partial charge in [-0.15, -0.1) is 0 Å². The first-order valence-corrected chi connectivity index (χ1v) is 7.74. The van der Waals surface area contributed by atoms with E-state index >= 15 is 0 Å². The van der Waals surface area contributed by atoms with E-state index in [0.717, 1.165) is 18.7 Å². The Bertz CT molecular complexity index is 615. The highest BCUT2D eigenvalue weighted by Crippen LogP contribution is 2.20. The number of hydrogen-bond acceptors (Lipinski definition) is 5. The lowest BCUT2D eigenvalue weighted by molar-refractivity contribution is 0.0161. The van der Waals surface area contributed by atoms with E-state index in [0.29, 0.717) is 25.3 Å². The predicted molar refractivity (Wildman–Crippen MR) is 85.9 cm³/mol. The van der Waals surface area contributed by atoms with Crippen LogP contribution in [-0.2, 0) is 4.74 Å². The largest absolute Gasteiger partial charge is 0.379 e. The maximum absolute atomic E-state index is 12.3. The van der Waals surface area contributed by atoms with Crippen molar-refractivity contribution in [3.05, 3.63) is 60.2 Å². The van der Waals surface area contributed by atoms with Crippen LogP contribution in [0.15, 0.2) is 49.1 Å². The molecule has 3 rings (SSSR count). The van der Waals surface area contributed by atoms with Crippen molar-refractivity contribution < 1.29 is 9.53 Å². The van der Waals surface area contributed by atoms with Crippen LogP contribution < -0.4 is 5.32 Å². The van der Waals surface area contributed by atoms with Crippen molar-refractivity contribution in [3.8, 4) is 0 Å². The number of carbonyl (C=O) groups is 1. The standard InChI is InChI=1S/C17H20N4O2/c22-17(15-4-2-6-19-12-15)20-13-16(14-3-1-5-18-11-14)21-7-9-23-10-8-21/h1-6,11-12,16H,7-10,13H2,(H,20,22). The monoisotopic (exact) mass is 312 g/mol. The van der Waals surface area contributed by atoms with E-state index in [1.165, 1.54) is 0 Å². The zero-order valence-electron chi connectivity index (χ0n) is 12.9. The highest BCUT2D eigenvalue weighted by molar-refractivity contribution is 5.93. The maximum Gasteiger partial charge on any atom is 0.252 e. The maximum atomic E-state index is 12.3.